The minimum Gasteiger partial charge on any atom is -0.361 e. The van der Waals surface area contributed by atoms with Gasteiger partial charge in [0.2, 0.25) is 17.7 Å². The van der Waals surface area contributed by atoms with Crippen molar-refractivity contribution in [1.29, 1.82) is 0 Å². The van der Waals surface area contributed by atoms with Crippen LogP contribution in [0.4, 0.5) is 10.1 Å². The van der Waals surface area contributed by atoms with Gasteiger partial charge >= 0.3 is 0 Å². The lowest BCUT2D eigenvalue weighted by molar-refractivity contribution is -0.145. The van der Waals surface area contributed by atoms with Gasteiger partial charge in [-0.05, 0) is 49.6 Å². The second-order valence-electron chi connectivity index (χ2n) is 9.57. The van der Waals surface area contributed by atoms with Gasteiger partial charge in [-0.15, -0.1) is 0 Å². The first-order valence-electron chi connectivity index (χ1n) is 11.7. The molecule has 2 saturated heterocycles. The van der Waals surface area contributed by atoms with E-state index in [1.54, 1.807) is 0 Å². The number of hydrogen-bond acceptors (Lipinski definition) is 4. The third-order valence-corrected chi connectivity index (χ3v) is 7.86. The van der Waals surface area contributed by atoms with Gasteiger partial charge < -0.3 is 10.3 Å². The van der Waals surface area contributed by atoms with E-state index >= 15 is 0 Å². The highest BCUT2D eigenvalue weighted by molar-refractivity contribution is 6.15. The summed E-state index contributed by atoms with van der Waals surface area (Å²) in [4.78, 5) is 45.5. The third kappa shape index (κ3) is 2.63. The van der Waals surface area contributed by atoms with Gasteiger partial charge in [-0.1, -0.05) is 25.1 Å². The summed E-state index contributed by atoms with van der Waals surface area (Å²) in [6.07, 6.45) is 2.96. The second kappa shape index (κ2) is 7.24. The molecule has 3 amide bonds. The highest BCUT2D eigenvalue weighted by Crippen LogP contribution is 2.53. The number of halogens is 1. The standard InChI is InChI=1S/C26H25FN4O3/c1-3-13(2)31-23(32)21-20(10-14-12-28-18-7-5-4-6-16(14)18)30-26(22(21)24(31)33)17-11-15(27)8-9-19(17)29-25(26)34/h4-9,11-13,20-22,28,30H,3,10H2,1-2H3,(H,29,34)/t13-,20-,21-,22+,26+/m1/s1. The molecule has 2 fully saturated rings. The number of imide groups is 1. The van der Waals surface area contributed by atoms with Crippen molar-refractivity contribution in [3.8, 4) is 0 Å². The fraction of sp³-hybridized carbons (Fsp3) is 0.346. The molecule has 0 radical (unpaired) electrons. The summed E-state index contributed by atoms with van der Waals surface area (Å²) < 4.78 is 14.3. The molecule has 3 aliphatic rings. The van der Waals surface area contributed by atoms with Crippen LogP contribution in [0.1, 0.15) is 31.4 Å². The molecule has 0 unspecified atom stereocenters. The van der Waals surface area contributed by atoms with E-state index in [1.807, 2.05) is 44.3 Å². The van der Waals surface area contributed by atoms with E-state index < -0.39 is 35.1 Å². The number of hydrogen-bond donors (Lipinski definition) is 3. The summed E-state index contributed by atoms with van der Waals surface area (Å²) in [6.45, 7) is 3.76. The molecule has 4 heterocycles. The van der Waals surface area contributed by atoms with E-state index in [-0.39, 0.29) is 17.9 Å². The average molecular weight is 461 g/mol. The smallest absolute Gasteiger partial charge is 0.250 e. The van der Waals surface area contributed by atoms with Crippen molar-refractivity contribution in [3.63, 3.8) is 0 Å². The number of amides is 3. The quantitative estimate of drug-likeness (QED) is 0.522. The maximum atomic E-state index is 14.3. The van der Waals surface area contributed by atoms with E-state index in [9.17, 15) is 18.8 Å². The number of nitrogens with one attached hydrogen (secondary N) is 3. The molecular weight excluding hydrogens is 435 g/mol. The van der Waals surface area contributed by atoms with Gasteiger partial charge in [0, 0.05) is 40.4 Å². The Morgan fingerprint density at radius 3 is 2.71 bits per heavy atom. The molecule has 3 N–H and O–H groups in total. The zero-order valence-electron chi connectivity index (χ0n) is 18.9. The van der Waals surface area contributed by atoms with Crippen LogP contribution in [0.15, 0.2) is 48.7 Å². The number of H-pyrrole nitrogens is 1. The molecule has 1 aromatic heterocycles. The van der Waals surface area contributed by atoms with Gasteiger partial charge in [0.1, 0.15) is 11.4 Å². The van der Waals surface area contributed by atoms with Crippen LogP contribution >= 0.6 is 0 Å². The first kappa shape index (κ1) is 21.0. The summed E-state index contributed by atoms with van der Waals surface area (Å²) >= 11 is 0. The lowest BCUT2D eigenvalue weighted by atomic mass is 9.76. The Balaban J connectivity index is 1.50. The Morgan fingerprint density at radius 1 is 1.12 bits per heavy atom. The summed E-state index contributed by atoms with van der Waals surface area (Å²) in [5.41, 5.74) is 1.33. The molecule has 174 valence electrons. The SMILES string of the molecule is CC[C@@H](C)N1C(=O)[C@H]2[C@@H](C1=O)[C@]1(N[C@@H]2Cc2c[nH]c3ccccc23)C(=O)Nc2ccc(F)cc21. The van der Waals surface area contributed by atoms with Crippen molar-refractivity contribution < 1.29 is 18.8 Å². The topological polar surface area (TPSA) is 94.3 Å². The number of fused-ring (bicyclic) bond motifs is 5. The molecule has 0 aliphatic carbocycles. The van der Waals surface area contributed by atoms with Crippen molar-refractivity contribution in [2.24, 2.45) is 11.8 Å². The van der Waals surface area contributed by atoms with Crippen molar-refractivity contribution in [3.05, 3.63) is 65.6 Å². The van der Waals surface area contributed by atoms with E-state index in [2.05, 4.69) is 15.6 Å². The largest absolute Gasteiger partial charge is 0.361 e. The highest BCUT2D eigenvalue weighted by atomic mass is 19.1. The summed E-state index contributed by atoms with van der Waals surface area (Å²) in [5.74, 6) is -3.22. The number of carbonyl (C=O) groups excluding carboxylic acids is 3. The molecular formula is C26H25FN4O3. The number of likely N-dealkylation sites (tertiary alicyclic amines) is 1. The van der Waals surface area contributed by atoms with Gasteiger partial charge in [-0.2, -0.15) is 0 Å². The minimum atomic E-state index is -1.49. The van der Waals surface area contributed by atoms with Gasteiger partial charge in [-0.3, -0.25) is 24.6 Å². The van der Waals surface area contributed by atoms with Gasteiger partial charge in [0.15, 0.2) is 0 Å². The maximum Gasteiger partial charge on any atom is 0.250 e. The monoisotopic (exact) mass is 460 g/mol. The molecule has 3 aromatic rings. The first-order chi connectivity index (χ1) is 16.4. The van der Waals surface area contributed by atoms with Crippen molar-refractivity contribution in [2.45, 2.75) is 44.3 Å². The predicted octanol–water partition coefficient (Wildman–Crippen LogP) is 3.07. The van der Waals surface area contributed by atoms with Crippen LogP contribution in [-0.4, -0.2) is 39.7 Å². The van der Waals surface area contributed by atoms with Crippen LogP contribution < -0.4 is 10.6 Å². The fourth-order valence-corrected chi connectivity index (χ4v) is 6.13. The zero-order chi connectivity index (χ0) is 23.8. The van der Waals surface area contributed by atoms with Gasteiger partial charge in [-0.25, -0.2) is 4.39 Å². The van der Waals surface area contributed by atoms with Gasteiger partial charge in [0.25, 0.3) is 0 Å². The highest BCUT2D eigenvalue weighted by Gasteiger charge is 2.70. The average Bonchev–Trinajstić information content (AvgIpc) is 3.53. The third-order valence-electron chi connectivity index (χ3n) is 7.86. The zero-order valence-corrected chi connectivity index (χ0v) is 18.9. The second-order valence-corrected chi connectivity index (χ2v) is 9.57. The molecule has 0 saturated carbocycles. The number of carbonyl (C=O) groups is 3. The van der Waals surface area contributed by atoms with Gasteiger partial charge in [0.05, 0.1) is 11.8 Å². The predicted molar refractivity (Wildman–Crippen MR) is 124 cm³/mol. The van der Waals surface area contributed by atoms with Crippen LogP contribution in [0.2, 0.25) is 0 Å². The van der Waals surface area contributed by atoms with E-state index in [0.717, 1.165) is 16.5 Å². The molecule has 1 spiro atoms. The fourth-order valence-electron chi connectivity index (χ4n) is 6.13. The molecule has 0 bridgehead atoms. The molecule has 34 heavy (non-hydrogen) atoms. The number of anilines is 1. The van der Waals surface area contributed by atoms with Crippen LogP contribution in [-0.2, 0) is 26.3 Å². The molecule has 7 nitrogen and oxygen atoms in total. The van der Waals surface area contributed by atoms with Crippen molar-refractivity contribution in [2.75, 3.05) is 5.32 Å². The van der Waals surface area contributed by atoms with Crippen LogP contribution in [0.25, 0.3) is 10.9 Å². The first-order valence-corrected chi connectivity index (χ1v) is 11.7. The number of nitrogens with zero attached hydrogens (tertiary/aromatic N) is 1. The van der Waals surface area contributed by atoms with E-state index in [0.29, 0.717) is 24.1 Å². The summed E-state index contributed by atoms with van der Waals surface area (Å²) in [6, 6.07) is 11.2. The minimum absolute atomic E-state index is 0.267. The Kier molecular flexibility index (Phi) is 4.48. The number of rotatable bonds is 4. The van der Waals surface area contributed by atoms with Crippen molar-refractivity contribution in [1.82, 2.24) is 15.2 Å². The van der Waals surface area contributed by atoms with Crippen LogP contribution in [0, 0.1) is 17.7 Å². The molecule has 2 aromatic carbocycles. The van der Waals surface area contributed by atoms with Crippen LogP contribution in [0.5, 0.6) is 0 Å². The number of para-hydroxylation sites is 1. The van der Waals surface area contributed by atoms with E-state index in [1.165, 1.54) is 23.1 Å². The molecule has 8 heteroatoms. The lowest BCUT2D eigenvalue weighted by Crippen LogP contribution is -2.54. The van der Waals surface area contributed by atoms with E-state index in [4.69, 9.17) is 0 Å². The number of aromatic nitrogens is 1. The number of aromatic amines is 1. The molecule has 3 aliphatic heterocycles. The molecule has 5 atom stereocenters. The van der Waals surface area contributed by atoms with Crippen LogP contribution in [0.3, 0.4) is 0 Å². The molecule has 6 rings (SSSR count). The number of benzene rings is 2. The Morgan fingerprint density at radius 2 is 1.91 bits per heavy atom. The lowest BCUT2D eigenvalue weighted by Gasteiger charge is -2.31. The maximum absolute atomic E-state index is 14.3. The Bertz CT molecular complexity index is 1370. The Hall–Kier alpha value is -3.52. The Labute approximate surface area is 195 Å². The van der Waals surface area contributed by atoms with Crippen molar-refractivity contribution >= 4 is 34.3 Å². The summed E-state index contributed by atoms with van der Waals surface area (Å²) in [7, 11) is 0. The normalized spacial score (nSPS) is 28.6. The summed E-state index contributed by atoms with van der Waals surface area (Å²) in [5, 5.41) is 7.23.